The molecule has 3 aromatic carbocycles. The molecular weight excluding hydrogens is 428 g/mol. The van der Waals surface area contributed by atoms with Gasteiger partial charge in [-0.25, -0.2) is 9.36 Å². The van der Waals surface area contributed by atoms with Crippen LogP contribution in [0.2, 0.25) is 0 Å². The van der Waals surface area contributed by atoms with Gasteiger partial charge in [-0.15, -0.1) is 0 Å². The predicted octanol–water partition coefficient (Wildman–Crippen LogP) is 4.59. The van der Waals surface area contributed by atoms with Gasteiger partial charge >= 0.3 is 5.76 Å². The molecule has 2 aromatic heterocycles. The zero-order chi connectivity index (χ0) is 23.7. The zero-order valence-corrected chi connectivity index (χ0v) is 18.8. The molecule has 168 valence electrons. The molecule has 0 fully saturated rings. The number of rotatable bonds is 5. The molecule has 0 atom stereocenters. The standard InChI is InChI=1S/C27H22N4O3/c1-17-7-9-19(10-8-17)20-11-21(26(32)30-16-22-15-28-18(2)14-29-22)13-23(12-20)31-24-5-3-4-6-25(24)34-27(31)33/h3-15H,16H2,1-2H3,(H,30,32). The van der Waals surface area contributed by atoms with Crippen LogP contribution >= 0.6 is 0 Å². The molecule has 5 rings (SSSR count). The molecule has 5 aromatic rings. The Morgan fingerprint density at radius 3 is 2.50 bits per heavy atom. The normalized spacial score (nSPS) is 11.0. The van der Waals surface area contributed by atoms with Crippen molar-refractivity contribution < 1.29 is 9.21 Å². The van der Waals surface area contributed by atoms with Gasteiger partial charge in [0, 0.05) is 11.8 Å². The largest absolute Gasteiger partial charge is 0.424 e. The first-order valence-corrected chi connectivity index (χ1v) is 10.9. The molecule has 7 nitrogen and oxygen atoms in total. The van der Waals surface area contributed by atoms with Crippen LogP contribution in [0, 0.1) is 13.8 Å². The highest BCUT2D eigenvalue weighted by Crippen LogP contribution is 2.26. The maximum Gasteiger partial charge on any atom is 0.424 e. The summed E-state index contributed by atoms with van der Waals surface area (Å²) >= 11 is 0. The molecule has 0 saturated heterocycles. The molecule has 34 heavy (non-hydrogen) atoms. The number of para-hydroxylation sites is 2. The molecule has 0 aliphatic heterocycles. The van der Waals surface area contributed by atoms with E-state index in [4.69, 9.17) is 4.42 Å². The lowest BCUT2D eigenvalue weighted by Gasteiger charge is -2.12. The maximum absolute atomic E-state index is 13.1. The minimum absolute atomic E-state index is 0.241. The molecule has 0 spiro atoms. The first kappa shape index (κ1) is 21.3. The van der Waals surface area contributed by atoms with Crippen LogP contribution in [-0.4, -0.2) is 20.4 Å². The number of amides is 1. The second-order valence-electron chi connectivity index (χ2n) is 8.14. The summed E-state index contributed by atoms with van der Waals surface area (Å²) in [6.45, 7) is 4.12. The number of hydrogen-bond acceptors (Lipinski definition) is 5. The maximum atomic E-state index is 13.1. The van der Waals surface area contributed by atoms with Crippen molar-refractivity contribution in [3.63, 3.8) is 0 Å². The Bertz CT molecular complexity index is 1550. The summed E-state index contributed by atoms with van der Waals surface area (Å²) < 4.78 is 6.90. The van der Waals surface area contributed by atoms with Crippen molar-refractivity contribution in [2.24, 2.45) is 0 Å². The SMILES string of the molecule is Cc1ccc(-c2cc(C(=O)NCc3cnc(C)cn3)cc(-n3c(=O)oc4ccccc43)c2)cc1. The number of aryl methyl sites for hydroxylation is 2. The minimum Gasteiger partial charge on any atom is -0.407 e. The second kappa shape index (κ2) is 8.78. The van der Waals surface area contributed by atoms with Crippen LogP contribution in [0.15, 0.2) is 88.3 Å². The van der Waals surface area contributed by atoms with Crippen molar-refractivity contribution in [3.8, 4) is 16.8 Å². The van der Waals surface area contributed by atoms with E-state index in [1.165, 1.54) is 4.57 Å². The van der Waals surface area contributed by atoms with E-state index in [9.17, 15) is 9.59 Å². The van der Waals surface area contributed by atoms with Crippen LogP contribution in [0.3, 0.4) is 0 Å². The highest BCUT2D eigenvalue weighted by Gasteiger charge is 2.16. The lowest BCUT2D eigenvalue weighted by molar-refractivity contribution is 0.0950. The van der Waals surface area contributed by atoms with Gasteiger partial charge in [-0.2, -0.15) is 0 Å². The van der Waals surface area contributed by atoms with Crippen LogP contribution in [0.25, 0.3) is 27.9 Å². The van der Waals surface area contributed by atoms with E-state index < -0.39 is 5.76 Å². The molecule has 0 radical (unpaired) electrons. The van der Waals surface area contributed by atoms with E-state index in [2.05, 4.69) is 15.3 Å². The fourth-order valence-electron chi connectivity index (χ4n) is 3.78. The number of nitrogens with one attached hydrogen (secondary N) is 1. The van der Waals surface area contributed by atoms with Crippen molar-refractivity contribution >= 4 is 17.0 Å². The topological polar surface area (TPSA) is 90.0 Å². The number of carbonyl (C=O) groups is 1. The van der Waals surface area contributed by atoms with Crippen molar-refractivity contribution in [1.82, 2.24) is 19.9 Å². The van der Waals surface area contributed by atoms with E-state index in [-0.39, 0.29) is 12.5 Å². The third-order valence-corrected chi connectivity index (χ3v) is 5.57. The molecule has 1 N–H and O–H groups in total. The van der Waals surface area contributed by atoms with Crippen LogP contribution < -0.4 is 11.1 Å². The smallest absolute Gasteiger partial charge is 0.407 e. The van der Waals surface area contributed by atoms with Gasteiger partial charge in [-0.3, -0.25) is 14.8 Å². The third kappa shape index (κ3) is 4.23. The number of fused-ring (bicyclic) bond motifs is 1. The molecule has 0 bridgehead atoms. The Morgan fingerprint density at radius 2 is 1.74 bits per heavy atom. The second-order valence-corrected chi connectivity index (χ2v) is 8.14. The highest BCUT2D eigenvalue weighted by molar-refractivity contribution is 5.96. The van der Waals surface area contributed by atoms with E-state index in [0.29, 0.717) is 28.0 Å². The number of aromatic nitrogens is 3. The lowest BCUT2D eigenvalue weighted by Crippen LogP contribution is -2.24. The van der Waals surface area contributed by atoms with Crippen LogP contribution in [0.1, 0.15) is 27.3 Å². The number of nitrogens with zero attached hydrogens (tertiary/aromatic N) is 3. The highest BCUT2D eigenvalue weighted by atomic mass is 16.4. The zero-order valence-electron chi connectivity index (χ0n) is 18.8. The molecule has 2 heterocycles. The summed E-state index contributed by atoms with van der Waals surface area (Å²) in [5, 5.41) is 2.89. The quantitative estimate of drug-likeness (QED) is 0.423. The first-order chi connectivity index (χ1) is 16.5. The molecule has 7 heteroatoms. The molecular formula is C27H22N4O3. The summed E-state index contributed by atoms with van der Waals surface area (Å²) in [6.07, 6.45) is 3.30. The summed E-state index contributed by atoms with van der Waals surface area (Å²) in [5.41, 5.74) is 6.44. The van der Waals surface area contributed by atoms with Crippen LogP contribution in [0.4, 0.5) is 0 Å². The van der Waals surface area contributed by atoms with Gasteiger partial charge in [-0.05, 0) is 55.3 Å². The fourth-order valence-corrected chi connectivity index (χ4v) is 3.78. The van der Waals surface area contributed by atoms with Crippen LogP contribution in [0.5, 0.6) is 0 Å². The average Bonchev–Trinajstić information content (AvgIpc) is 3.19. The molecule has 0 aliphatic rings. The summed E-state index contributed by atoms with van der Waals surface area (Å²) in [4.78, 5) is 34.4. The molecule has 0 saturated carbocycles. The van der Waals surface area contributed by atoms with E-state index in [1.807, 2.05) is 68.4 Å². The van der Waals surface area contributed by atoms with Crippen molar-refractivity contribution in [2.45, 2.75) is 20.4 Å². The van der Waals surface area contributed by atoms with E-state index >= 15 is 0 Å². The fraction of sp³-hybridized carbons (Fsp3) is 0.111. The summed E-state index contributed by atoms with van der Waals surface area (Å²) in [7, 11) is 0. The van der Waals surface area contributed by atoms with E-state index in [0.717, 1.165) is 22.4 Å². The van der Waals surface area contributed by atoms with Crippen molar-refractivity contribution in [2.75, 3.05) is 0 Å². The Kier molecular flexibility index (Phi) is 5.51. The Morgan fingerprint density at radius 1 is 0.941 bits per heavy atom. The number of carbonyl (C=O) groups excluding carboxylic acids is 1. The number of hydrogen-bond donors (Lipinski definition) is 1. The van der Waals surface area contributed by atoms with Gasteiger partial charge in [0.25, 0.3) is 5.91 Å². The monoisotopic (exact) mass is 450 g/mol. The Balaban J connectivity index is 1.58. The van der Waals surface area contributed by atoms with Gasteiger partial charge in [0.05, 0.1) is 35.3 Å². The van der Waals surface area contributed by atoms with Crippen molar-refractivity contribution in [3.05, 3.63) is 112 Å². The van der Waals surface area contributed by atoms with Crippen molar-refractivity contribution in [1.29, 1.82) is 0 Å². The van der Waals surface area contributed by atoms with Crippen LogP contribution in [-0.2, 0) is 6.54 Å². The van der Waals surface area contributed by atoms with Gasteiger partial charge in [0.2, 0.25) is 0 Å². The van der Waals surface area contributed by atoms with Gasteiger partial charge in [0.1, 0.15) is 0 Å². The number of benzene rings is 3. The van der Waals surface area contributed by atoms with Gasteiger partial charge in [0.15, 0.2) is 5.58 Å². The van der Waals surface area contributed by atoms with E-state index in [1.54, 1.807) is 24.5 Å². The number of oxazole rings is 1. The summed E-state index contributed by atoms with van der Waals surface area (Å²) in [6, 6.07) is 20.6. The average molecular weight is 450 g/mol. The Hall–Kier alpha value is -4.52. The van der Waals surface area contributed by atoms with Gasteiger partial charge < -0.3 is 9.73 Å². The third-order valence-electron chi connectivity index (χ3n) is 5.57. The van der Waals surface area contributed by atoms with Gasteiger partial charge in [-0.1, -0.05) is 42.0 Å². The minimum atomic E-state index is -0.511. The first-order valence-electron chi connectivity index (χ1n) is 10.9. The summed E-state index contributed by atoms with van der Waals surface area (Å²) in [5.74, 6) is -0.790. The molecule has 0 aliphatic carbocycles. The predicted molar refractivity (Wildman–Crippen MR) is 130 cm³/mol. The molecule has 0 unspecified atom stereocenters. The Labute approximate surface area is 195 Å². The molecule has 1 amide bonds. The lowest BCUT2D eigenvalue weighted by atomic mass is 10.0.